The van der Waals surface area contributed by atoms with Crippen molar-refractivity contribution >= 4 is 27.5 Å². The van der Waals surface area contributed by atoms with E-state index in [-0.39, 0.29) is 11.4 Å². The summed E-state index contributed by atoms with van der Waals surface area (Å²) in [6.07, 6.45) is 2.99. The molecule has 0 bridgehead atoms. The van der Waals surface area contributed by atoms with Gasteiger partial charge in [-0.05, 0) is 30.9 Å². The van der Waals surface area contributed by atoms with E-state index in [0.717, 1.165) is 30.4 Å². The van der Waals surface area contributed by atoms with E-state index in [1.54, 1.807) is 7.11 Å². The van der Waals surface area contributed by atoms with Gasteiger partial charge in [0.05, 0.1) is 12.5 Å². The molecule has 2 heterocycles. The highest BCUT2D eigenvalue weighted by molar-refractivity contribution is 7.18. The lowest BCUT2D eigenvalue weighted by Crippen LogP contribution is -2.27. The number of nitrogens with zero attached hydrogens (tertiary/aromatic N) is 1. The second kappa shape index (κ2) is 6.33. The van der Waals surface area contributed by atoms with E-state index in [1.165, 1.54) is 16.2 Å². The standard InChI is InChI=1S/C18H17N3O3S/c1-24-12-7-3-2-5-10(12)9-19-17(23)15-20-16(22)14-11-6-4-8-13(11)25-18(14)21-15/h2-3,5,7H,4,6,8-9H2,1H3,(H,19,23)(H,20,21,22). The fourth-order valence-corrected chi connectivity index (χ4v) is 4.48. The van der Waals surface area contributed by atoms with Crippen molar-refractivity contribution in [2.24, 2.45) is 0 Å². The number of aryl methyl sites for hydroxylation is 2. The van der Waals surface area contributed by atoms with Crippen molar-refractivity contribution in [3.05, 3.63) is 56.4 Å². The lowest BCUT2D eigenvalue weighted by molar-refractivity contribution is 0.0940. The quantitative estimate of drug-likeness (QED) is 0.753. The normalized spacial score (nSPS) is 13.0. The van der Waals surface area contributed by atoms with Gasteiger partial charge in [0.1, 0.15) is 10.6 Å². The predicted octanol–water partition coefficient (Wildman–Crippen LogP) is 2.41. The van der Waals surface area contributed by atoms with Crippen LogP contribution < -0.4 is 15.6 Å². The summed E-state index contributed by atoms with van der Waals surface area (Å²) in [7, 11) is 1.59. The van der Waals surface area contributed by atoms with E-state index in [9.17, 15) is 9.59 Å². The van der Waals surface area contributed by atoms with E-state index in [1.807, 2.05) is 24.3 Å². The van der Waals surface area contributed by atoms with Gasteiger partial charge in [-0.3, -0.25) is 9.59 Å². The molecule has 7 heteroatoms. The largest absolute Gasteiger partial charge is 0.496 e. The van der Waals surface area contributed by atoms with Crippen LogP contribution in [0.25, 0.3) is 10.2 Å². The first-order valence-electron chi connectivity index (χ1n) is 8.12. The van der Waals surface area contributed by atoms with E-state index in [4.69, 9.17) is 4.74 Å². The number of nitrogens with one attached hydrogen (secondary N) is 2. The van der Waals surface area contributed by atoms with E-state index >= 15 is 0 Å². The van der Waals surface area contributed by atoms with Crippen LogP contribution in [-0.2, 0) is 19.4 Å². The van der Waals surface area contributed by atoms with Crippen LogP contribution in [0.2, 0.25) is 0 Å². The predicted molar refractivity (Wildman–Crippen MR) is 96.4 cm³/mol. The van der Waals surface area contributed by atoms with Crippen molar-refractivity contribution < 1.29 is 9.53 Å². The van der Waals surface area contributed by atoms with Gasteiger partial charge in [-0.25, -0.2) is 4.98 Å². The molecule has 4 rings (SSSR count). The Hall–Kier alpha value is -2.67. The summed E-state index contributed by atoms with van der Waals surface area (Å²) in [6, 6.07) is 7.46. The van der Waals surface area contributed by atoms with Gasteiger partial charge in [0.2, 0.25) is 5.82 Å². The third-order valence-corrected chi connectivity index (χ3v) is 5.61. The Balaban J connectivity index is 1.59. The van der Waals surface area contributed by atoms with Gasteiger partial charge in [0.15, 0.2) is 0 Å². The maximum absolute atomic E-state index is 12.4. The number of hydrogen-bond donors (Lipinski definition) is 2. The number of rotatable bonds is 4. The third kappa shape index (κ3) is 2.80. The van der Waals surface area contributed by atoms with Crippen LogP contribution in [0.5, 0.6) is 5.75 Å². The molecule has 6 nitrogen and oxygen atoms in total. The zero-order valence-corrected chi connectivity index (χ0v) is 14.5. The molecule has 0 saturated heterocycles. The van der Waals surface area contributed by atoms with Gasteiger partial charge in [-0.1, -0.05) is 18.2 Å². The average Bonchev–Trinajstić information content (AvgIpc) is 3.20. The van der Waals surface area contributed by atoms with Gasteiger partial charge in [-0.2, -0.15) is 0 Å². The Morgan fingerprint density at radius 2 is 2.20 bits per heavy atom. The topological polar surface area (TPSA) is 84.1 Å². The number of H-pyrrole nitrogens is 1. The monoisotopic (exact) mass is 355 g/mol. The van der Waals surface area contributed by atoms with E-state index in [0.29, 0.717) is 22.5 Å². The molecule has 2 aromatic heterocycles. The van der Waals surface area contributed by atoms with Crippen molar-refractivity contribution in [1.29, 1.82) is 0 Å². The SMILES string of the molecule is COc1ccccc1CNC(=O)c1nc2sc3c(c2c(=O)[nH]1)CCC3. The number of fused-ring (bicyclic) bond motifs is 3. The summed E-state index contributed by atoms with van der Waals surface area (Å²) in [5.74, 6) is 0.347. The summed E-state index contributed by atoms with van der Waals surface area (Å²) in [5, 5.41) is 3.44. The molecule has 1 aliphatic rings. The molecule has 1 aromatic carbocycles. The Morgan fingerprint density at radius 3 is 3.04 bits per heavy atom. The highest BCUT2D eigenvalue weighted by atomic mass is 32.1. The summed E-state index contributed by atoms with van der Waals surface area (Å²) in [6.45, 7) is 0.297. The van der Waals surface area contributed by atoms with E-state index < -0.39 is 5.91 Å². The first-order valence-corrected chi connectivity index (χ1v) is 8.93. The number of methoxy groups -OCH3 is 1. The Morgan fingerprint density at radius 1 is 1.36 bits per heavy atom. The van der Waals surface area contributed by atoms with Crippen molar-refractivity contribution in [2.75, 3.05) is 7.11 Å². The Labute approximate surface area is 147 Å². The Bertz CT molecular complexity index is 1020. The number of thiophene rings is 1. The molecular weight excluding hydrogens is 338 g/mol. The van der Waals surface area contributed by atoms with Crippen molar-refractivity contribution in [3.63, 3.8) is 0 Å². The number of aromatic amines is 1. The van der Waals surface area contributed by atoms with Crippen LogP contribution in [0.15, 0.2) is 29.1 Å². The molecule has 0 spiro atoms. The van der Waals surface area contributed by atoms with Gasteiger partial charge in [0.25, 0.3) is 11.5 Å². The summed E-state index contributed by atoms with van der Waals surface area (Å²) in [5.41, 5.74) is 1.73. The van der Waals surface area contributed by atoms with Crippen LogP contribution in [0.1, 0.15) is 33.0 Å². The minimum atomic E-state index is -0.404. The van der Waals surface area contributed by atoms with Gasteiger partial charge in [0, 0.05) is 17.0 Å². The molecule has 1 amide bonds. The summed E-state index contributed by atoms with van der Waals surface area (Å²) < 4.78 is 5.27. The number of carbonyl (C=O) groups excluding carboxylic acids is 1. The number of aromatic nitrogens is 2. The fourth-order valence-electron chi connectivity index (χ4n) is 3.22. The minimum Gasteiger partial charge on any atom is -0.496 e. The van der Waals surface area contributed by atoms with Crippen molar-refractivity contribution in [2.45, 2.75) is 25.8 Å². The molecule has 128 valence electrons. The maximum Gasteiger partial charge on any atom is 0.287 e. The summed E-state index contributed by atoms with van der Waals surface area (Å²) >= 11 is 1.52. The van der Waals surface area contributed by atoms with Crippen LogP contribution >= 0.6 is 11.3 Å². The van der Waals surface area contributed by atoms with Crippen LogP contribution in [0.4, 0.5) is 0 Å². The van der Waals surface area contributed by atoms with Gasteiger partial charge in [-0.15, -0.1) is 11.3 Å². The molecular formula is C18H17N3O3S. The average molecular weight is 355 g/mol. The molecule has 0 radical (unpaired) electrons. The maximum atomic E-state index is 12.4. The second-order valence-corrected chi connectivity index (χ2v) is 7.03. The lowest BCUT2D eigenvalue weighted by atomic mass is 10.2. The van der Waals surface area contributed by atoms with Crippen molar-refractivity contribution in [3.8, 4) is 5.75 Å². The van der Waals surface area contributed by atoms with E-state index in [2.05, 4.69) is 15.3 Å². The summed E-state index contributed by atoms with van der Waals surface area (Å²) in [4.78, 5) is 33.7. The minimum absolute atomic E-state index is 0.0484. The van der Waals surface area contributed by atoms with Gasteiger partial charge >= 0.3 is 0 Å². The molecule has 0 fully saturated rings. The number of amides is 1. The van der Waals surface area contributed by atoms with Crippen LogP contribution in [0, 0.1) is 0 Å². The second-order valence-electron chi connectivity index (χ2n) is 5.95. The van der Waals surface area contributed by atoms with Crippen molar-refractivity contribution in [1.82, 2.24) is 15.3 Å². The highest BCUT2D eigenvalue weighted by Gasteiger charge is 2.22. The first-order chi connectivity index (χ1) is 12.2. The van der Waals surface area contributed by atoms with Crippen LogP contribution in [-0.4, -0.2) is 23.0 Å². The van der Waals surface area contributed by atoms with Crippen LogP contribution in [0.3, 0.4) is 0 Å². The number of ether oxygens (including phenoxy) is 1. The Kier molecular flexibility index (Phi) is 4.01. The fraction of sp³-hybridized carbons (Fsp3) is 0.278. The number of hydrogen-bond acceptors (Lipinski definition) is 5. The molecule has 0 unspecified atom stereocenters. The number of para-hydroxylation sites is 1. The molecule has 2 N–H and O–H groups in total. The zero-order chi connectivity index (χ0) is 17.4. The smallest absolute Gasteiger partial charge is 0.287 e. The third-order valence-electron chi connectivity index (χ3n) is 4.42. The highest BCUT2D eigenvalue weighted by Crippen LogP contribution is 2.34. The van der Waals surface area contributed by atoms with Gasteiger partial charge < -0.3 is 15.0 Å². The first kappa shape index (κ1) is 15.8. The molecule has 0 aliphatic heterocycles. The molecule has 25 heavy (non-hydrogen) atoms. The molecule has 3 aromatic rings. The molecule has 0 saturated carbocycles. The zero-order valence-electron chi connectivity index (χ0n) is 13.7. The number of carbonyl (C=O) groups is 1. The molecule has 0 atom stereocenters. The number of benzene rings is 1. The lowest BCUT2D eigenvalue weighted by Gasteiger charge is -2.09. The molecule has 1 aliphatic carbocycles.